The Morgan fingerprint density at radius 3 is 2.31 bits per heavy atom. The molecule has 2 aromatic rings. The number of likely N-dealkylation sites (tertiary alicyclic amines) is 1. The molecule has 0 saturated carbocycles. The lowest BCUT2D eigenvalue weighted by Crippen LogP contribution is -2.51. The number of sulfonamides is 1. The summed E-state index contributed by atoms with van der Waals surface area (Å²) in [5.41, 5.74) is 0.503. The van der Waals surface area contributed by atoms with E-state index in [1.54, 1.807) is 40.7 Å². The summed E-state index contributed by atoms with van der Waals surface area (Å²) in [6.45, 7) is 4.57. The molecule has 2 heterocycles. The number of ether oxygens (including phenoxy) is 1. The van der Waals surface area contributed by atoms with E-state index in [2.05, 4.69) is 0 Å². The number of halogens is 1. The van der Waals surface area contributed by atoms with Crippen LogP contribution in [0.5, 0.6) is 5.75 Å². The van der Waals surface area contributed by atoms with Crippen molar-refractivity contribution in [1.29, 1.82) is 0 Å². The van der Waals surface area contributed by atoms with E-state index in [1.165, 1.54) is 0 Å². The molecule has 6 nitrogen and oxygen atoms in total. The molecule has 0 spiro atoms. The number of benzene rings is 2. The van der Waals surface area contributed by atoms with Crippen LogP contribution in [0.25, 0.3) is 0 Å². The van der Waals surface area contributed by atoms with Gasteiger partial charge in [0.05, 0.1) is 11.5 Å². The van der Waals surface area contributed by atoms with Crippen molar-refractivity contribution in [2.24, 2.45) is 5.41 Å². The second-order valence-electron chi connectivity index (χ2n) is 9.80. The number of hydrogen-bond donors (Lipinski definition) is 0. The summed E-state index contributed by atoms with van der Waals surface area (Å²) in [6.07, 6.45) is 5.75. The average Bonchev–Trinajstić information content (AvgIpc) is 2.89. The number of amides is 1. The molecular formula is C27H35ClN2O4S. The molecular weight excluding hydrogens is 484 g/mol. The van der Waals surface area contributed by atoms with Crippen LogP contribution >= 0.6 is 11.6 Å². The highest BCUT2D eigenvalue weighted by Gasteiger charge is 2.43. The molecule has 4 rings (SSSR count). The molecule has 1 atom stereocenters. The van der Waals surface area contributed by atoms with Crippen molar-refractivity contribution < 1.29 is 17.9 Å². The minimum Gasteiger partial charge on any atom is -0.493 e. The summed E-state index contributed by atoms with van der Waals surface area (Å²) in [5, 5.41) is 0.622. The van der Waals surface area contributed by atoms with Gasteiger partial charge in [-0.25, -0.2) is 8.42 Å². The maximum atomic E-state index is 13.5. The zero-order chi connectivity index (χ0) is 24.9. The number of aryl methyl sites for hydroxylation is 1. The van der Waals surface area contributed by atoms with Crippen molar-refractivity contribution in [3.63, 3.8) is 0 Å². The van der Waals surface area contributed by atoms with E-state index >= 15 is 0 Å². The lowest BCUT2D eigenvalue weighted by atomic mass is 9.78. The lowest BCUT2D eigenvalue weighted by molar-refractivity contribution is -0.136. The van der Waals surface area contributed by atoms with Gasteiger partial charge in [-0.3, -0.25) is 4.79 Å². The molecule has 190 valence electrons. The molecule has 2 aliphatic rings. The Hall–Kier alpha value is -2.09. The fraction of sp³-hybridized carbons (Fsp3) is 0.519. The number of rotatable bonds is 8. The van der Waals surface area contributed by atoms with Crippen molar-refractivity contribution in [3.05, 3.63) is 59.1 Å². The topological polar surface area (TPSA) is 66.9 Å². The third-order valence-corrected chi connectivity index (χ3v) is 9.30. The van der Waals surface area contributed by atoms with E-state index in [-0.39, 0.29) is 25.5 Å². The van der Waals surface area contributed by atoms with E-state index in [0.29, 0.717) is 28.6 Å². The summed E-state index contributed by atoms with van der Waals surface area (Å²) < 4.78 is 34.8. The van der Waals surface area contributed by atoms with Crippen molar-refractivity contribution in [1.82, 2.24) is 9.21 Å². The maximum absolute atomic E-state index is 13.5. The Bertz CT molecular complexity index is 1100. The van der Waals surface area contributed by atoms with Crippen LogP contribution in [-0.4, -0.2) is 56.3 Å². The van der Waals surface area contributed by atoms with Gasteiger partial charge < -0.3 is 9.64 Å². The minimum absolute atomic E-state index is 0.0935. The third-order valence-electron chi connectivity index (χ3n) is 7.19. The largest absolute Gasteiger partial charge is 0.493 e. The first kappa shape index (κ1) is 26.0. The Labute approximate surface area is 214 Å². The Balaban J connectivity index is 1.56. The zero-order valence-corrected chi connectivity index (χ0v) is 22.0. The van der Waals surface area contributed by atoms with E-state index in [0.717, 1.165) is 50.8 Å². The number of carbonyl (C=O) groups is 1. The molecule has 0 radical (unpaired) electrons. The molecule has 1 amide bonds. The average molecular weight is 519 g/mol. The molecule has 35 heavy (non-hydrogen) atoms. The first-order chi connectivity index (χ1) is 16.8. The highest BCUT2D eigenvalue weighted by molar-refractivity contribution is 7.89. The Morgan fingerprint density at radius 1 is 0.971 bits per heavy atom. The van der Waals surface area contributed by atoms with Crippen LogP contribution in [0, 0.1) is 5.41 Å². The molecule has 0 N–H and O–H groups in total. The maximum Gasteiger partial charge on any atom is 0.243 e. The smallest absolute Gasteiger partial charge is 0.243 e. The lowest BCUT2D eigenvalue weighted by Gasteiger charge is -2.42. The molecule has 0 aliphatic carbocycles. The highest BCUT2D eigenvalue weighted by atomic mass is 35.5. The highest BCUT2D eigenvalue weighted by Crippen LogP contribution is 2.38. The van der Waals surface area contributed by atoms with Crippen molar-refractivity contribution in [2.75, 3.05) is 32.8 Å². The molecule has 2 aromatic carbocycles. The Kier molecular flexibility index (Phi) is 8.40. The molecule has 2 fully saturated rings. The molecule has 2 saturated heterocycles. The van der Waals surface area contributed by atoms with Gasteiger partial charge in [0.2, 0.25) is 15.9 Å². The fourth-order valence-electron chi connectivity index (χ4n) is 5.07. The minimum atomic E-state index is -3.67. The van der Waals surface area contributed by atoms with Crippen LogP contribution in [0.2, 0.25) is 5.02 Å². The first-order valence-corrected chi connectivity index (χ1v) is 14.4. The number of hydrogen-bond acceptors (Lipinski definition) is 4. The second kappa shape index (κ2) is 11.3. The predicted octanol–water partition coefficient (Wildman–Crippen LogP) is 5.15. The number of piperidine rings is 2. The van der Waals surface area contributed by atoms with Gasteiger partial charge in [-0.05, 0) is 80.5 Å². The van der Waals surface area contributed by atoms with Crippen LogP contribution in [-0.2, 0) is 21.2 Å². The van der Waals surface area contributed by atoms with E-state index in [1.807, 2.05) is 24.0 Å². The van der Waals surface area contributed by atoms with Crippen LogP contribution in [0.3, 0.4) is 0 Å². The van der Waals surface area contributed by atoms with E-state index < -0.39 is 15.4 Å². The van der Waals surface area contributed by atoms with E-state index in [9.17, 15) is 13.2 Å². The molecule has 0 unspecified atom stereocenters. The number of nitrogens with zero attached hydrogens (tertiary/aromatic N) is 2. The summed E-state index contributed by atoms with van der Waals surface area (Å²) in [5.74, 6) is 0.755. The van der Waals surface area contributed by atoms with Gasteiger partial charge >= 0.3 is 0 Å². The summed E-state index contributed by atoms with van der Waals surface area (Å²) in [7, 11) is -3.67. The molecule has 2 aliphatic heterocycles. The van der Waals surface area contributed by atoms with Gasteiger partial charge in [0.25, 0.3) is 0 Å². The molecule has 0 bridgehead atoms. The van der Waals surface area contributed by atoms with Crippen LogP contribution in [0.15, 0.2) is 53.4 Å². The second-order valence-corrected chi connectivity index (χ2v) is 12.2. The SMILES string of the molecule is CCc1ccc(S(=O)(=O)N2CCC[C@](COc3ccc(Cl)cc3)(CC(=O)N3CCCCC3)C2)cc1. The van der Waals surface area contributed by atoms with Crippen molar-refractivity contribution in [2.45, 2.75) is 56.8 Å². The third kappa shape index (κ3) is 6.38. The predicted molar refractivity (Wildman–Crippen MR) is 138 cm³/mol. The quantitative estimate of drug-likeness (QED) is 0.484. The van der Waals surface area contributed by atoms with Gasteiger partial charge in [-0.15, -0.1) is 0 Å². The summed E-state index contributed by atoms with van der Waals surface area (Å²) in [4.78, 5) is 15.5. The van der Waals surface area contributed by atoms with Gasteiger partial charge in [-0.2, -0.15) is 4.31 Å². The molecule has 8 heteroatoms. The molecule has 0 aromatic heterocycles. The van der Waals surface area contributed by atoms with Gasteiger partial charge in [0.15, 0.2) is 0 Å². The summed E-state index contributed by atoms with van der Waals surface area (Å²) in [6, 6.07) is 14.2. The van der Waals surface area contributed by atoms with Crippen LogP contribution in [0.4, 0.5) is 0 Å². The van der Waals surface area contributed by atoms with Crippen LogP contribution < -0.4 is 4.74 Å². The van der Waals surface area contributed by atoms with Gasteiger partial charge in [0, 0.05) is 43.0 Å². The fourth-order valence-corrected chi connectivity index (χ4v) is 6.79. The zero-order valence-electron chi connectivity index (χ0n) is 20.4. The van der Waals surface area contributed by atoms with Crippen LogP contribution in [0.1, 0.15) is 51.0 Å². The Morgan fingerprint density at radius 2 is 1.66 bits per heavy atom. The monoisotopic (exact) mass is 518 g/mol. The first-order valence-electron chi connectivity index (χ1n) is 12.6. The number of carbonyl (C=O) groups excluding carboxylic acids is 1. The summed E-state index contributed by atoms with van der Waals surface area (Å²) >= 11 is 6.01. The standard InChI is InChI=1S/C27H35ClN2O4S/c1-2-22-7-13-25(14-8-22)35(32,33)30-18-6-15-27(20-30,19-26(31)29-16-4-3-5-17-29)21-34-24-11-9-23(28)10-12-24/h7-14H,2-6,15-21H2,1H3/t27-/m0/s1. The van der Waals surface area contributed by atoms with Gasteiger partial charge in [0.1, 0.15) is 5.75 Å². The normalized spacial score (nSPS) is 21.6. The van der Waals surface area contributed by atoms with E-state index in [4.69, 9.17) is 16.3 Å². The van der Waals surface area contributed by atoms with Crippen molar-refractivity contribution in [3.8, 4) is 5.75 Å². The van der Waals surface area contributed by atoms with Gasteiger partial charge in [-0.1, -0.05) is 30.7 Å². The van der Waals surface area contributed by atoms with Crippen molar-refractivity contribution >= 4 is 27.5 Å².